The molecule has 10 fully saturated rings. The second kappa shape index (κ2) is 16.1. The number of rotatable bonds is 9. The fraction of sp³-hybridized carbons (Fsp3) is 0.655. The zero-order valence-corrected chi connectivity index (χ0v) is 44.0. The molecule has 1 unspecified atom stereocenters. The summed E-state index contributed by atoms with van der Waals surface area (Å²) in [5.74, 6) is -3.09. The highest BCUT2D eigenvalue weighted by atomic mass is 127. The quantitative estimate of drug-likeness (QED) is 0.0731. The van der Waals surface area contributed by atoms with Gasteiger partial charge in [0.1, 0.15) is 18.5 Å². The molecule has 0 aromatic heterocycles. The number of amides is 1. The SMILES string of the molecule is C[C@H]1CC[C@@H]2N(C1)C(=O)[C@@H]1[C@@H]3[C@@H](O[C@H](c4ccccc4)O[C@@]32C)[C@H](O)[C@]23OC4(c5ccccc5)O[C@@H]5[C@@H](I)[C@@H]6[C@@H](O[Si](C)(C)C(C)(C)C)[C@@H](OCOCc7ccccc7)CC[C@]6(C)[C@](C[C@@H]12)(O4)[C@@H]53. The van der Waals surface area contributed by atoms with Crippen LogP contribution in [0.25, 0.3) is 0 Å². The number of benzene rings is 3. The second-order valence-electron chi connectivity index (χ2n) is 24.0. The number of fused-ring (bicyclic) bond motifs is 4. The predicted octanol–water partition coefficient (Wildman–Crippen LogP) is 9.66. The van der Waals surface area contributed by atoms with E-state index in [1.807, 2.05) is 78.9 Å². The molecule has 6 aliphatic heterocycles. The highest BCUT2D eigenvalue weighted by molar-refractivity contribution is 14.1. The Balaban J connectivity index is 1.01. The first-order valence-electron chi connectivity index (χ1n) is 25.4. The highest BCUT2D eigenvalue weighted by Gasteiger charge is 2.91. The van der Waals surface area contributed by atoms with Gasteiger partial charge in [0.05, 0.1) is 54.2 Å². The number of piperidine rings is 2. The van der Waals surface area contributed by atoms with E-state index in [-0.39, 0.29) is 45.8 Å². The maximum Gasteiger partial charge on any atom is 0.313 e. The number of nitrogens with zero attached hydrogens (tertiary/aromatic N) is 1. The molecule has 4 saturated carbocycles. The molecule has 1 spiro atoms. The number of halogens is 1. The van der Waals surface area contributed by atoms with Crippen LogP contribution in [0.4, 0.5) is 0 Å². The van der Waals surface area contributed by atoms with E-state index >= 15 is 4.79 Å². The number of carbonyl (C=O) groups excluding carboxylic acids is 1. The van der Waals surface area contributed by atoms with Crippen LogP contribution >= 0.6 is 22.6 Å². The van der Waals surface area contributed by atoms with Crippen molar-refractivity contribution in [2.45, 2.75) is 168 Å². The number of hydrogen-bond acceptors (Lipinski definition) is 10. The van der Waals surface area contributed by atoms with Crippen LogP contribution < -0.4 is 0 Å². The molecular formula is C55H70INO10Si. The van der Waals surface area contributed by atoms with E-state index in [0.717, 1.165) is 42.4 Å². The first-order valence-corrected chi connectivity index (χ1v) is 29.6. The van der Waals surface area contributed by atoms with Gasteiger partial charge in [0.2, 0.25) is 5.91 Å². The Morgan fingerprint density at radius 3 is 2.28 bits per heavy atom. The maximum absolute atomic E-state index is 15.9. The molecule has 6 saturated heterocycles. The largest absolute Gasteiger partial charge is 0.411 e. The van der Waals surface area contributed by atoms with Crippen LogP contribution in [0, 0.1) is 40.9 Å². The minimum atomic E-state index is -2.42. The van der Waals surface area contributed by atoms with E-state index in [4.69, 9.17) is 37.6 Å². The fourth-order valence-electron chi connectivity index (χ4n) is 15.5. The van der Waals surface area contributed by atoms with Gasteiger partial charge in [0.25, 0.3) is 0 Å². The van der Waals surface area contributed by atoms with Crippen molar-refractivity contribution in [3.05, 3.63) is 108 Å². The molecule has 19 atom stereocenters. The van der Waals surface area contributed by atoms with Gasteiger partial charge in [-0.3, -0.25) is 4.79 Å². The van der Waals surface area contributed by atoms with Crippen molar-refractivity contribution >= 4 is 36.8 Å². The Kier molecular flexibility index (Phi) is 11.1. The molecule has 11 nitrogen and oxygen atoms in total. The Morgan fingerprint density at radius 1 is 0.882 bits per heavy atom. The Labute approximate surface area is 416 Å². The summed E-state index contributed by atoms with van der Waals surface area (Å²) in [6, 6.07) is 30.2. The summed E-state index contributed by atoms with van der Waals surface area (Å²) in [7, 11) is -2.42. The average Bonchev–Trinajstić information content (AvgIpc) is 3.56. The fourth-order valence-corrected chi connectivity index (χ4v) is 18.6. The molecule has 6 heterocycles. The van der Waals surface area contributed by atoms with Crippen LogP contribution in [-0.2, 0) is 55.0 Å². The van der Waals surface area contributed by atoms with Gasteiger partial charge in [-0.15, -0.1) is 0 Å². The van der Waals surface area contributed by atoms with Crippen LogP contribution in [0.1, 0.15) is 96.6 Å². The Hall–Kier alpha value is -2.28. The predicted molar refractivity (Wildman–Crippen MR) is 264 cm³/mol. The highest BCUT2D eigenvalue weighted by Crippen LogP contribution is 2.80. The van der Waals surface area contributed by atoms with Crippen LogP contribution in [-0.4, -0.2) is 94.9 Å². The van der Waals surface area contributed by atoms with Gasteiger partial charge in [-0.25, -0.2) is 0 Å². The molecule has 13 rings (SSSR count). The lowest BCUT2D eigenvalue weighted by molar-refractivity contribution is -0.578. The molecule has 3 aromatic carbocycles. The molecule has 10 aliphatic rings. The summed E-state index contributed by atoms with van der Waals surface area (Å²) in [5.41, 5.74) is -0.775. The Morgan fingerprint density at radius 2 is 1.57 bits per heavy atom. The number of carbonyl (C=O) groups is 1. The molecule has 1 amide bonds. The first-order chi connectivity index (χ1) is 32.4. The van der Waals surface area contributed by atoms with Crippen molar-refractivity contribution in [3.8, 4) is 0 Å². The summed E-state index contributed by atoms with van der Waals surface area (Å²) in [4.78, 5) is 18.1. The van der Waals surface area contributed by atoms with Crippen LogP contribution in [0.3, 0.4) is 0 Å². The topological polar surface area (TPSA) is 114 Å². The van der Waals surface area contributed by atoms with Gasteiger partial charge >= 0.3 is 5.97 Å². The minimum absolute atomic E-state index is 0.0691. The first kappa shape index (κ1) is 46.8. The number of ether oxygens (including phenoxy) is 7. The molecule has 4 aliphatic carbocycles. The van der Waals surface area contributed by atoms with E-state index in [1.54, 1.807) is 0 Å². The lowest BCUT2D eigenvalue weighted by atomic mass is 9.46. The summed E-state index contributed by atoms with van der Waals surface area (Å²) < 4.78 is 58.3. The monoisotopic (exact) mass is 1060 g/mol. The summed E-state index contributed by atoms with van der Waals surface area (Å²) >= 11 is 2.67. The van der Waals surface area contributed by atoms with Crippen molar-refractivity contribution in [1.82, 2.24) is 4.90 Å². The van der Waals surface area contributed by atoms with Crippen molar-refractivity contribution in [2.24, 2.45) is 40.9 Å². The molecule has 1 N–H and O–H groups in total. The van der Waals surface area contributed by atoms with Crippen molar-refractivity contribution in [3.63, 3.8) is 0 Å². The average molecular weight is 1060 g/mol. The van der Waals surface area contributed by atoms with Gasteiger partial charge in [0, 0.05) is 50.7 Å². The molecular weight excluding hydrogens is 990 g/mol. The lowest BCUT2D eigenvalue weighted by Crippen LogP contribution is -2.86. The number of hydrogen-bond donors (Lipinski definition) is 1. The zero-order chi connectivity index (χ0) is 47.4. The standard InChI is InChI=1S/C55H70INO10Si/c1-32-24-25-38-52(6)40-39(48(59)57(38)29-32)36-28-53-46-45(42(56)41-43(65-68(7,8)50(2,3)4)37(26-27-51(41,53)5)61-31-60-30-33-18-12-9-13-19-33)63-55(66-53,35-22-16-11-17-23-35)67-54(36,46)47(58)44(40)62-49(64-52)34-20-14-10-15-21-34/h9-23,32,36-47,49,58H,24-31H2,1-8H3/t32-,36-,37-,38-,39-,40+,41+,42-,43-,44+,45+,46+,47-,49-,51-,52+,53+,54-,55?/m0/s1. The van der Waals surface area contributed by atoms with Crippen LogP contribution in [0.15, 0.2) is 91.0 Å². The third kappa shape index (κ3) is 6.41. The normalized spacial score (nSPS) is 46.6. The minimum Gasteiger partial charge on any atom is -0.411 e. The molecule has 68 heavy (non-hydrogen) atoms. The van der Waals surface area contributed by atoms with Crippen molar-refractivity contribution in [1.29, 1.82) is 0 Å². The van der Waals surface area contributed by atoms with Gasteiger partial charge in [-0.2, -0.15) is 0 Å². The van der Waals surface area contributed by atoms with E-state index in [2.05, 4.69) is 94.3 Å². The summed E-state index contributed by atoms with van der Waals surface area (Å²) in [6.45, 7) is 19.7. The Bertz CT molecular complexity index is 2390. The van der Waals surface area contributed by atoms with E-state index in [0.29, 0.717) is 25.5 Å². The maximum atomic E-state index is 15.9. The molecule has 0 radical (unpaired) electrons. The van der Waals surface area contributed by atoms with Gasteiger partial charge in [-0.1, -0.05) is 148 Å². The van der Waals surface area contributed by atoms with E-state index in [1.165, 1.54) is 0 Å². The number of alkyl halides is 1. The van der Waals surface area contributed by atoms with E-state index < -0.39 is 84.8 Å². The van der Waals surface area contributed by atoms with Gasteiger partial charge in [-0.05, 0) is 68.6 Å². The van der Waals surface area contributed by atoms with Gasteiger partial charge < -0.3 is 47.6 Å². The van der Waals surface area contributed by atoms with Crippen molar-refractivity contribution < 1.29 is 47.5 Å². The molecule has 13 heteroatoms. The third-order valence-electron chi connectivity index (χ3n) is 19.6. The van der Waals surface area contributed by atoms with Gasteiger partial charge in [0.15, 0.2) is 14.6 Å². The zero-order valence-electron chi connectivity index (χ0n) is 40.8. The smallest absolute Gasteiger partial charge is 0.313 e. The van der Waals surface area contributed by atoms with E-state index in [9.17, 15) is 5.11 Å². The number of aliphatic hydroxyl groups is 1. The summed E-state index contributed by atoms with van der Waals surface area (Å²) in [6.07, 6.45) is 0.223. The molecule has 5 bridgehead atoms. The lowest BCUT2D eigenvalue weighted by Gasteiger charge is -2.75. The molecule has 3 aromatic rings. The molecule has 366 valence electrons. The number of aliphatic hydroxyl groups excluding tert-OH is 1. The van der Waals surface area contributed by atoms with Crippen LogP contribution in [0.2, 0.25) is 18.1 Å². The summed E-state index contributed by atoms with van der Waals surface area (Å²) in [5, 5.41) is 13.8. The van der Waals surface area contributed by atoms with Crippen molar-refractivity contribution in [2.75, 3.05) is 13.3 Å². The third-order valence-corrected chi connectivity index (χ3v) is 25.5. The second-order valence-corrected chi connectivity index (χ2v) is 30.2. The van der Waals surface area contributed by atoms with Crippen LogP contribution in [0.5, 0.6) is 0 Å².